The Hall–Kier alpha value is -1.96. The smallest absolute Gasteiger partial charge is 0.255 e. The predicted octanol–water partition coefficient (Wildman–Crippen LogP) is 2.49. The summed E-state index contributed by atoms with van der Waals surface area (Å²) >= 11 is 0. The number of aromatic nitrogens is 3. The quantitative estimate of drug-likeness (QED) is 0.741. The normalized spacial score (nSPS) is 19.1. The van der Waals surface area contributed by atoms with E-state index in [1.807, 2.05) is 17.2 Å². The monoisotopic (exact) mass is 453 g/mol. The Morgan fingerprint density at radius 1 is 1.17 bits per heavy atom. The number of aromatic amines is 1. The average Bonchev–Trinajstić information content (AvgIpc) is 3.20. The predicted molar refractivity (Wildman–Crippen MR) is 121 cm³/mol. The van der Waals surface area contributed by atoms with Crippen molar-refractivity contribution in [2.24, 2.45) is 5.92 Å². The lowest BCUT2D eigenvalue weighted by atomic mass is 9.92. The van der Waals surface area contributed by atoms with Gasteiger partial charge in [0.1, 0.15) is 5.82 Å². The fourth-order valence-corrected chi connectivity index (χ4v) is 4.31. The van der Waals surface area contributed by atoms with Gasteiger partial charge in [0.15, 0.2) is 0 Å². The number of amides is 1. The van der Waals surface area contributed by atoms with Crippen LogP contribution in [0.25, 0.3) is 0 Å². The molecule has 2 aliphatic rings. The van der Waals surface area contributed by atoms with Crippen molar-refractivity contribution in [1.82, 2.24) is 25.2 Å². The molecule has 4 rings (SSSR count). The summed E-state index contributed by atoms with van der Waals surface area (Å²) in [5.74, 6) is 1.55. The summed E-state index contributed by atoms with van der Waals surface area (Å²) in [6.07, 6.45) is 7.35. The van der Waals surface area contributed by atoms with Crippen molar-refractivity contribution < 1.29 is 4.79 Å². The van der Waals surface area contributed by atoms with Gasteiger partial charge in [-0.05, 0) is 63.2 Å². The van der Waals surface area contributed by atoms with Crippen LogP contribution in [0.3, 0.4) is 0 Å². The molecule has 2 saturated heterocycles. The Balaban J connectivity index is 0.00000160. The number of nitrogens with one attached hydrogen (secondary N) is 2. The molecule has 2 aromatic heterocycles. The molecule has 0 aliphatic carbocycles. The minimum Gasteiger partial charge on any atom is -0.339 e. The molecular weight excluding hydrogens is 425 g/mol. The third kappa shape index (κ3) is 5.80. The van der Waals surface area contributed by atoms with Gasteiger partial charge in [-0.15, -0.1) is 24.8 Å². The largest absolute Gasteiger partial charge is 0.339 e. The van der Waals surface area contributed by atoms with Gasteiger partial charge in [-0.1, -0.05) is 0 Å². The van der Waals surface area contributed by atoms with E-state index in [1.54, 1.807) is 19.2 Å². The molecular formula is C21H29Cl2N5O2. The molecule has 2 aromatic rings. The SMILES string of the molecule is Cc1nc(C2CCN(C(=O)c3cncc(CC4CCNC4)c3)CC2)cc(=O)[nH]1.Cl.Cl. The van der Waals surface area contributed by atoms with Crippen LogP contribution in [0.2, 0.25) is 0 Å². The van der Waals surface area contributed by atoms with Crippen molar-refractivity contribution in [2.75, 3.05) is 26.2 Å². The Kier molecular flexibility index (Phi) is 8.82. The Bertz CT molecular complexity index is 906. The van der Waals surface area contributed by atoms with Gasteiger partial charge in [0.25, 0.3) is 11.5 Å². The maximum Gasteiger partial charge on any atom is 0.255 e. The summed E-state index contributed by atoms with van der Waals surface area (Å²) in [6.45, 7) is 5.27. The molecule has 4 heterocycles. The molecule has 0 spiro atoms. The van der Waals surface area contributed by atoms with E-state index in [9.17, 15) is 9.59 Å². The molecule has 30 heavy (non-hydrogen) atoms. The molecule has 7 nitrogen and oxygen atoms in total. The minimum atomic E-state index is -0.110. The van der Waals surface area contributed by atoms with Crippen molar-refractivity contribution in [3.63, 3.8) is 0 Å². The first-order valence-electron chi connectivity index (χ1n) is 10.1. The van der Waals surface area contributed by atoms with Crippen LogP contribution >= 0.6 is 24.8 Å². The van der Waals surface area contributed by atoms with E-state index >= 15 is 0 Å². The van der Waals surface area contributed by atoms with Crippen LogP contribution in [0, 0.1) is 12.8 Å². The highest BCUT2D eigenvalue weighted by atomic mass is 35.5. The molecule has 9 heteroatoms. The highest BCUT2D eigenvalue weighted by molar-refractivity contribution is 5.94. The highest BCUT2D eigenvalue weighted by Gasteiger charge is 2.26. The van der Waals surface area contributed by atoms with Crippen LogP contribution in [-0.4, -0.2) is 51.9 Å². The lowest BCUT2D eigenvalue weighted by molar-refractivity contribution is 0.0711. The van der Waals surface area contributed by atoms with Gasteiger partial charge in [-0.25, -0.2) is 4.98 Å². The lowest BCUT2D eigenvalue weighted by Gasteiger charge is -2.31. The topological polar surface area (TPSA) is 91.0 Å². The summed E-state index contributed by atoms with van der Waals surface area (Å²) in [6, 6.07) is 3.59. The minimum absolute atomic E-state index is 0. The zero-order valence-electron chi connectivity index (χ0n) is 17.1. The van der Waals surface area contributed by atoms with Gasteiger partial charge in [-0.3, -0.25) is 14.6 Å². The van der Waals surface area contributed by atoms with Gasteiger partial charge in [0.2, 0.25) is 0 Å². The zero-order chi connectivity index (χ0) is 19.5. The highest BCUT2D eigenvalue weighted by Crippen LogP contribution is 2.27. The fraction of sp³-hybridized carbons (Fsp3) is 0.524. The van der Waals surface area contributed by atoms with E-state index in [2.05, 4.69) is 20.3 Å². The number of pyridine rings is 1. The van der Waals surface area contributed by atoms with E-state index in [-0.39, 0.29) is 42.2 Å². The van der Waals surface area contributed by atoms with Crippen molar-refractivity contribution in [3.05, 3.63) is 57.5 Å². The first kappa shape index (κ1) is 24.3. The lowest BCUT2D eigenvalue weighted by Crippen LogP contribution is -2.38. The number of hydrogen-bond acceptors (Lipinski definition) is 5. The fourth-order valence-electron chi connectivity index (χ4n) is 4.31. The van der Waals surface area contributed by atoms with Crippen molar-refractivity contribution in [3.8, 4) is 0 Å². The molecule has 1 atom stereocenters. The van der Waals surface area contributed by atoms with Crippen molar-refractivity contribution in [1.29, 1.82) is 0 Å². The summed E-state index contributed by atoms with van der Waals surface area (Å²) in [5.41, 5.74) is 2.54. The van der Waals surface area contributed by atoms with Crippen LogP contribution < -0.4 is 10.9 Å². The van der Waals surface area contributed by atoms with Crippen LogP contribution in [0.4, 0.5) is 0 Å². The molecule has 0 aromatic carbocycles. The zero-order valence-corrected chi connectivity index (χ0v) is 18.7. The molecule has 1 amide bonds. The third-order valence-corrected chi connectivity index (χ3v) is 5.81. The van der Waals surface area contributed by atoms with Gasteiger partial charge < -0.3 is 15.2 Å². The van der Waals surface area contributed by atoms with Gasteiger partial charge >= 0.3 is 0 Å². The second kappa shape index (κ2) is 10.9. The Morgan fingerprint density at radius 2 is 1.93 bits per heavy atom. The van der Waals surface area contributed by atoms with Crippen LogP contribution in [-0.2, 0) is 6.42 Å². The van der Waals surface area contributed by atoms with Gasteiger partial charge in [0, 0.05) is 37.5 Å². The molecule has 0 saturated carbocycles. The van der Waals surface area contributed by atoms with E-state index in [1.165, 1.54) is 6.42 Å². The summed E-state index contributed by atoms with van der Waals surface area (Å²) in [5, 5.41) is 3.38. The molecule has 0 radical (unpaired) electrons. The van der Waals surface area contributed by atoms with E-state index in [0.717, 1.165) is 43.6 Å². The number of carbonyl (C=O) groups excluding carboxylic acids is 1. The molecule has 164 valence electrons. The number of nitrogens with zero attached hydrogens (tertiary/aromatic N) is 3. The standard InChI is InChI=1S/C21H27N5O2.2ClH/c1-14-24-19(10-20(27)25-14)17-3-6-26(7-4-17)21(28)18-9-16(12-23-13-18)8-15-2-5-22-11-15;;/h9-10,12-13,15,17,22H,2-8,11H2,1H3,(H,24,25,27);2*1H. The van der Waals surface area contributed by atoms with Gasteiger partial charge in [-0.2, -0.15) is 0 Å². The van der Waals surface area contributed by atoms with Gasteiger partial charge in [0.05, 0.1) is 11.3 Å². The van der Waals surface area contributed by atoms with Crippen LogP contribution in [0.1, 0.15) is 52.6 Å². The summed E-state index contributed by atoms with van der Waals surface area (Å²) in [4.78, 5) is 38.0. The van der Waals surface area contributed by atoms with Crippen LogP contribution in [0.15, 0.2) is 29.3 Å². The molecule has 1 unspecified atom stereocenters. The molecule has 2 aliphatic heterocycles. The number of likely N-dealkylation sites (tertiary alicyclic amines) is 1. The van der Waals surface area contributed by atoms with E-state index < -0.39 is 0 Å². The first-order chi connectivity index (χ1) is 13.6. The second-order valence-corrected chi connectivity index (χ2v) is 7.97. The van der Waals surface area contributed by atoms with E-state index in [4.69, 9.17) is 0 Å². The first-order valence-corrected chi connectivity index (χ1v) is 10.1. The molecule has 0 bridgehead atoms. The van der Waals surface area contributed by atoms with Crippen LogP contribution in [0.5, 0.6) is 0 Å². The average molecular weight is 454 g/mol. The molecule has 2 fully saturated rings. The Labute approximate surface area is 188 Å². The maximum atomic E-state index is 12.9. The number of halogens is 2. The number of aryl methyl sites for hydroxylation is 1. The second-order valence-electron chi connectivity index (χ2n) is 7.97. The number of H-pyrrole nitrogens is 1. The summed E-state index contributed by atoms with van der Waals surface area (Å²) in [7, 11) is 0. The van der Waals surface area contributed by atoms with Crippen molar-refractivity contribution in [2.45, 2.75) is 38.5 Å². The van der Waals surface area contributed by atoms with Crippen molar-refractivity contribution >= 4 is 30.7 Å². The number of carbonyl (C=O) groups is 1. The van der Waals surface area contributed by atoms with E-state index in [0.29, 0.717) is 30.4 Å². The third-order valence-electron chi connectivity index (χ3n) is 5.81. The number of hydrogen-bond donors (Lipinski definition) is 2. The molecule has 2 N–H and O–H groups in total. The summed E-state index contributed by atoms with van der Waals surface area (Å²) < 4.78 is 0. The Morgan fingerprint density at radius 3 is 2.60 bits per heavy atom. The maximum absolute atomic E-state index is 12.9. The number of rotatable bonds is 4. The number of piperidine rings is 1.